The molecule has 0 spiro atoms. The minimum atomic E-state index is -1.07. The summed E-state index contributed by atoms with van der Waals surface area (Å²) in [6.07, 6.45) is 2.58. The second-order valence-corrected chi connectivity index (χ2v) is 10.4. The van der Waals surface area contributed by atoms with Crippen LogP contribution >= 0.6 is 45.9 Å². The molecule has 2 aromatic carbocycles. The predicted octanol–water partition coefficient (Wildman–Crippen LogP) is 4.39. The number of carboxylic acids is 2. The lowest BCUT2D eigenvalue weighted by atomic mass is 10.1. The third-order valence-corrected chi connectivity index (χ3v) is 8.03. The fourth-order valence-corrected chi connectivity index (χ4v) is 5.58. The summed E-state index contributed by atoms with van der Waals surface area (Å²) in [6.45, 7) is 0.164. The first kappa shape index (κ1) is 27.2. The molecule has 0 aliphatic carbocycles. The molecule has 0 aliphatic heterocycles. The first-order valence-corrected chi connectivity index (χ1v) is 13.0. The second-order valence-electron chi connectivity index (χ2n) is 7.72. The Bertz CT molecular complexity index is 1590. The highest BCUT2D eigenvalue weighted by Gasteiger charge is 2.14. The first-order chi connectivity index (χ1) is 18.1. The monoisotopic (exact) mass is 590 g/mol. The van der Waals surface area contributed by atoms with Gasteiger partial charge in [-0.1, -0.05) is 70.1 Å². The number of thiazole rings is 2. The molecule has 0 radical (unpaired) electrons. The fourth-order valence-electron chi connectivity index (χ4n) is 3.38. The van der Waals surface area contributed by atoms with Crippen molar-refractivity contribution in [1.82, 2.24) is 9.13 Å². The van der Waals surface area contributed by atoms with Crippen molar-refractivity contribution >= 4 is 70.2 Å². The summed E-state index contributed by atoms with van der Waals surface area (Å²) in [6, 6.07) is 12.4. The van der Waals surface area contributed by atoms with Gasteiger partial charge in [-0.3, -0.25) is 18.7 Å². The molecule has 4 aromatic rings. The van der Waals surface area contributed by atoms with Gasteiger partial charge in [0.15, 0.2) is 0 Å². The number of benzene rings is 2. The molecular formula is C24H16Cl2N4O6S2. The van der Waals surface area contributed by atoms with Crippen LogP contribution in [-0.2, 0) is 13.1 Å². The van der Waals surface area contributed by atoms with Crippen LogP contribution in [0.2, 0.25) is 10.3 Å². The van der Waals surface area contributed by atoms with Crippen LogP contribution in [0.1, 0.15) is 41.6 Å². The fraction of sp³-hybridized carbons (Fsp3) is 0.0833. The SMILES string of the molecule is O=C(O)c1cccc(Cn2c(Cl)c(/C=N/N=C/c3sc(=O)n(Cc4cccc(C(=O)O)c4)c3Cl)sc2=O)c1. The van der Waals surface area contributed by atoms with E-state index in [4.69, 9.17) is 33.4 Å². The van der Waals surface area contributed by atoms with Gasteiger partial charge in [-0.05, 0) is 35.4 Å². The lowest BCUT2D eigenvalue weighted by Gasteiger charge is -2.05. The highest BCUT2D eigenvalue weighted by molar-refractivity contribution is 7.12. The summed E-state index contributed by atoms with van der Waals surface area (Å²) in [4.78, 5) is 47.2. The van der Waals surface area contributed by atoms with Crippen LogP contribution in [0.3, 0.4) is 0 Å². The topological polar surface area (TPSA) is 143 Å². The number of nitrogens with zero attached hydrogens (tertiary/aromatic N) is 4. The van der Waals surface area contributed by atoms with Crippen molar-refractivity contribution in [2.75, 3.05) is 0 Å². The van der Waals surface area contributed by atoms with Crippen molar-refractivity contribution in [3.8, 4) is 0 Å². The number of carboxylic acid groups (broad SMARTS) is 2. The van der Waals surface area contributed by atoms with Crippen LogP contribution < -0.4 is 9.75 Å². The molecule has 0 bridgehead atoms. The van der Waals surface area contributed by atoms with Crippen molar-refractivity contribution in [2.45, 2.75) is 13.1 Å². The van der Waals surface area contributed by atoms with E-state index in [0.717, 1.165) is 22.7 Å². The quantitative estimate of drug-likeness (QED) is 0.218. The predicted molar refractivity (Wildman–Crippen MR) is 147 cm³/mol. The number of aromatic carboxylic acids is 2. The van der Waals surface area contributed by atoms with E-state index in [1.54, 1.807) is 24.3 Å². The average Bonchev–Trinajstić information content (AvgIpc) is 3.31. The van der Waals surface area contributed by atoms with Crippen LogP contribution in [0.25, 0.3) is 0 Å². The Hall–Kier alpha value is -3.84. The minimum Gasteiger partial charge on any atom is -0.478 e. The maximum absolute atomic E-state index is 12.4. The molecule has 2 aromatic heterocycles. The summed E-state index contributed by atoms with van der Waals surface area (Å²) >= 11 is 14.4. The van der Waals surface area contributed by atoms with E-state index in [0.29, 0.717) is 20.9 Å². The highest BCUT2D eigenvalue weighted by atomic mass is 35.5. The van der Waals surface area contributed by atoms with Gasteiger partial charge in [0, 0.05) is 0 Å². The number of hydrogen-bond acceptors (Lipinski definition) is 8. The van der Waals surface area contributed by atoms with Crippen LogP contribution in [-0.4, -0.2) is 43.7 Å². The largest absolute Gasteiger partial charge is 0.478 e. The van der Waals surface area contributed by atoms with Crippen molar-refractivity contribution in [1.29, 1.82) is 0 Å². The Balaban J connectivity index is 1.49. The Morgan fingerprint density at radius 1 is 0.763 bits per heavy atom. The molecule has 2 heterocycles. The maximum Gasteiger partial charge on any atom is 0.335 e. The van der Waals surface area contributed by atoms with E-state index >= 15 is 0 Å². The normalized spacial score (nSPS) is 11.5. The standard InChI is InChI=1S/C24H16Cl2N4O6S2/c25-19-17(37-23(35)29(19)11-13-3-1-5-15(7-13)21(31)32)9-27-28-10-18-20(26)30(24(36)38-18)12-14-4-2-6-16(8-14)22(33)34/h1-10H,11-12H2,(H,31,32)(H,33,34)/b27-9+,28-10+. The smallest absolute Gasteiger partial charge is 0.335 e. The summed E-state index contributed by atoms with van der Waals surface area (Å²) in [5, 5.41) is 26.4. The van der Waals surface area contributed by atoms with Crippen LogP contribution in [0.15, 0.2) is 68.3 Å². The van der Waals surface area contributed by atoms with Gasteiger partial charge in [0.2, 0.25) is 0 Å². The molecule has 2 N–H and O–H groups in total. The van der Waals surface area contributed by atoms with Crippen molar-refractivity contribution in [3.05, 3.63) is 110 Å². The summed E-state index contributed by atoms with van der Waals surface area (Å²) in [7, 11) is 0. The van der Waals surface area contributed by atoms with E-state index in [1.807, 2.05) is 0 Å². The highest BCUT2D eigenvalue weighted by Crippen LogP contribution is 2.20. The molecule has 194 valence electrons. The summed E-state index contributed by atoms with van der Waals surface area (Å²) in [5.41, 5.74) is 1.39. The van der Waals surface area contributed by atoms with Gasteiger partial charge in [0.25, 0.3) is 0 Å². The zero-order valence-electron chi connectivity index (χ0n) is 19.1. The molecule has 0 amide bonds. The Kier molecular flexibility index (Phi) is 8.37. The van der Waals surface area contributed by atoms with Gasteiger partial charge < -0.3 is 10.2 Å². The molecule has 14 heteroatoms. The lowest BCUT2D eigenvalue weighted by Crippen LogP contribution is -2.14. The van der Waals surface area contributed by atoms with E-state index in [1.165, 1.54) is 45.8 Å². The van der Waals surface area contributed by atoms with Gasteiger partial charge in [-0.2, -0.15) is 10.2 Å². The van der Waals surface area contributed by atoms with Crippen LogP contribution in [0.4, 0.5) is 0 Å². The van der Waals surface area contributed by atoms with E-state index in [9.17, 15) is 19.2 Å². The van der Waals surface area contributed by atoms with Crippen molar-refractivity contribution < 1.29 is 19.8 Å². The average molecular weight is 591 g/mol. The third-order valence-electron chi connectivity index (χ3n) is 5.16. The van der Waals surface area contributed by atoms with E-state index in [-0.39, 0.29) is 44.3 Å². The zero-order chi connectivity index (χ0) is 27.4. The second kappa shape index (κ2) is 11.7. The van der Waals surface area contributed by atoms with Gasteiger partial charge in [-0.25, -0.2) is 9.59 Å². The molecule has 0 atom stereocenters. The molecule has 0 saturated heterocycles. The van der Waals surface area contributed by atoms with Crippen molar-refractivity contribution in [2.24, 2.45) is 10.2 Å². The van der Waals surface area contributed by atoms with Gasteiger partial charge in [0.1, 0.15) is 10.3 Å². The minimum absolute atomic E-state index is 0.0822. The van der Waals surface area contributed by atoms with E-state index in [2.05, 4.69) is 10.2 Å². The molecule has 0 fully saturated rings. The first-order valence-electron chi connectivity index (χ1n) is 10.6. The maximum atomic E-state index is 12.4. The number of halogens is 2. The molecular weight excluding hydrogens is 575 g/mol. The number of hydrogen-bond donors (Lipinski definition) is 2. The zero-order valence-corrected chi connectivity index (χ0v) is 22.2. The van der Waals surface area contributed by atoms with Crippen LogP contribution in [0.5, 0.6) is 0 Å². The number of aromatic nitrogens is 2. The third kappa shape index (κ3) is 6.17. The Morgan fingerprint density at radius 3 is 1.53 bits per heavy atom. The number of carbonyl (C=O) groups is 2. The number of rotatable bonds is 9. The van der Waals surface area contributed by atoms with Gasteiger partial charge >= 0.3 is 21.7 Å². The molecule has 38 heavy (non-hydrogen) atoms. The summed E-state index contributed by atoms with van der Waals surface area (Å²) in [5.74, 6) is -2.15. The Labute approximate surface area is 232 Å². The molecule has 0 aliphatic rings. The molecule has 0 saturated carbocycles. The summed E-state index contributed by atoms with van der Waals surface area (Å²) < 4.78 is 2.58. The van der Waals surface area contributed by atoms with Crippen molar-refractivity contribution in [3.63, 3.8) is 0 Å². The molecule has 4 rings (SSSR count). The lowest BCUT2D eigenvalue weighted by molar-refractivity contribution is 0.0686. The molecule has 10 nitrogen and oxygen atoms in total. The van der Waals surface area contributed by atoms with E-state index < -0.39 is 11.9 Å². The van der Waals surface area contributed by atoms with Gasteiger partial charge in [-0.15, -0.1) is 0 Å². The van der Waals surface area contributed by atoms with Gasteiger partial charge in [0.05, 0.1) is 46.4 Å². The molecule has 0 unspecified atom stereocenters. The Morgan fingerprint density at radius 2 is 1.16 bits per heavy atom. The van der Waals surface area contributed by atoms with Crippen LogP contribution in [0, 0.1) is 0 Å².